The summed E-state index contributed by atoms with van der Waals surface area (Å²) in [6.07, 6.45) is 0.720. The molecule has 0 saturated heterocycles. The van der Waals surface area contributed by atoms with Crippen molar-refractivity contribution in [3.05, 3.63) is 40.4 Å². The monoisotopic (exact) mass is 430 g/mol. The molecule has 0 saturated carbocycles. The van der Waals surface area contributed by atoms with Crippen molar-refractivity contribution >= 4 is 32.4 Å². The Morgan fingerprint density at radius 3 is 2.82 bits per heavy atom. The van der Waals surface area contributed by atoms with E-state index >= 15 is 0 Å². The van der Waals surface area contributed by atoms with Crippen molar-refractivity contribution in [2.75, 3.05) is 25.0 Å². The van der Waals surface area contributed by atoms with Gasteiger partial charge in [0.05, 0.1) is 10.6 Å². The first kappa shape index (κ1) is 20.8. The number of anilines is 1. The fraction of sp³-hybridized carbons (Fsp3) is 0.412. The Kier molecular flexibility index (Phi) is 6.38. The summed E-state index contributed by atoms with van der Waals surface area (Å²) in [5.41, 5.74) is 0.990. The van der Waals surface area contributed by atoms with E-state index in [1.54, 1.807) is 0 Å². The maximum Gasteiger partial charge on any atom is 0.240 e. The van der Waals surface area contributed by atoms with Crippen LogP contribution in [-0.2, 0) is 27.8 Å². The fourth-order valence-electron chi connectivity index (χ4n) is 2.78. The quantitative estimate of drug-likeness (QED) is 0.702. The number of thiazole rings is 1. The Bertz CT molecular complexity index is 979. The van der Waals surface area contributed by atoms with E-state index in [4.69, 9.17) is 0 Å². The number of benzene rings is 1. The lowest BCUT2D eigenvalue weighted by Gasteiger charge is -2.23. The van der Waals surface area contributed by atoms with Gasteiger partial charge in [0.1, 0.15) is 0 Å². The minimum atomic E-state index is -4.03. The first-order valence-electron chi connectivity index (χ1n) is 8.74. The lowest BCUT2D eigenvalue weighted by atomic mass is 10.2. The van der Waals surface area contributed by atoms with Crippen LogP contribution in [0.4, 0.5) is 13.9 Å². The molecule has 2 heterocycles. The third kappa shape index (κ3) is 4.90. The number of hydrogen-bond acceptors (Lipinski definition) is 6. The number of hydrogen-bond donors (Lipinski definition) is 2. The van der Waals surface area contributed by atoms with Crippen LogP contribution in [0.15, 0.2) is 23.1 Å². The molecule has 0 spiro atoms. The zero-order chi connectivity index (χ0) is 20.3. The van der Waals surface area contributed by atoms with Crippen LogP contribution in [0.25, 0.3) is 0 Å². The van der Waals surface area contributed by atoms with Gasteiger partial charge in [-0.2, -0.15) is 0 Å². The molecule has 0 fully saturated rings. The molecule has 0 atom stereocenters. The minimum absolute atomic E-state index is 0.117. The van der Waals surface area contributed by atoms with Crippen LogP contribution in [0.1, 0.15) is 23.9 Å². The van der Waals surface area contributed by atoms with Crippen LogP contribution < -0.4 is 10.0 Å². The first-order valence-corrected chi connectivity index (χ1v) is 11.0. The van der Waals surface area contributed by atoms with E-state index in [1.807, 2.05) is 0 Å². The second kappa shape index (κ2) is 8.60. The highest BCUT2D eigenvalue weighted by Crippen LogP contribution is 2.28. The molecule has 1 aromatic carbocycles. The van der Waals surface area contributed by atoms with Crippen molar-refractivity contribution in [3.8, 4) is 0 Å². The number of amides is 1. The Balaban J connectivity index is 1.52. The normalized spacial score (nSPS) is 14.7. The summed E-state index contributed by atoms with van der Waals surface area (Å²) < 4.78 is 52.5. The van der Waals surface area contributed by atoms with Crippen molar-refractivity contribution < 1.29 is 22.0 Å². The lowest BCUT2D eigenvalue weighted by Crippen LogP contribution is -2.29. The van der Waals surface area contributed by atoms with Crippen LogP contribution in [0.3, 0.4) is 0 Å². The van der Waals surface area contributed by atoms with Gasteiger partial charge in [-0.1, -0.05) is 6.92 Å². The molecule has 1 aliphatic rings. The van der Waals surface area contributed by atoms with Crippen LogP contribution in [0, 0.1) is 11.6 Å². The van der Waals surface area contributed by atoms with Crippen molar-refractivity contribution in [2.45, 2.75) is 31.2 Å². The maximum absolute atomic E-state index is 13.2. The third-order valence-corrected chi connectivity index (χ3v) is 6.81. The average Bonchev–Trinajstić information content (AvgIpc) is 3.04. The van der Waals surface area contributed by atoms with Crippen LogP contribution in [0.5, 0.6) is 0 Å². The van der Waals surface area contributed by atoms with Crippen molar-refractivity contribution in [1.29, 1.82) is 0 Å². The molecule has 2 N–H and O–H groups in total. The number of sulfonamides is 1. The molecule has 3 rings (SSSR count). The number of likely N-dealkylation sites (N-methyl/N-ethyl adjacent to an activating group) is 1. The second-order valence-electron chi connectivity index (χ2n) is 6.28. The summed E-state index contributed by atoms with van der Waals surface area (Å²) in [5, 5.41) is 3.18. The number of halogens is 2. The number of carbonyl (C=O) groups excluding carboxylic acids is 1. The maximum atomic E-state index is 13.2. The van der Waals surface area contributed by atoms with Crippen molar-refractivity contribution in [2.24, 2.45) is 0 Å². The van der Waals surface area contributed by atoms with Gasteiger partial charge in [-0.25, -0.2) is 26.9 Å². The highest BCUT2D eigenvalue weighted by atomic mass is 32.2. The van der Waals surface area contributed by atoms with E-state index in [-0.39, 0.29) is 18.9 Å². The number of rotatable bonds is 7. The van der Waals surface area contributed by atoms with Crippen molar-refractivity contribution in [1.82, 2.24) is 14.6 Å². The molecular weight excluding hydrogens is 410 g/mol. The topological polar surface area (TPSA) is 91.4 Å². The molecule has 0 aliphatic carbocycles. The smallest absolute Gasteiger partial charge is 0.240 e. The Labute approximate surface area is 165 Å². The zero-order valence-corrected chi connectivity index (χ0v) is 16.8. The molecule has 2 aromatic rings. The van der Waals surface area contributed by atoms with Gasteiger partial charge in [0.2, 0.25) is 15.9 Å². The van der Waals surface area contributed by atoms with E-state index in [9.17, 15) is 22.0 Å². The van der Waals surface area contributed by atoms with Crippen LogP contribution in [-0.4, -0.2) is 43.8 Å². The fourth-order valence-corrected chi connectivity index (χ4v) is 4.89. The Morgan fingerprint density at radius 2 is 2.11 bits per heavy atom. The molecule has 0 radical (unpaired) electrons. The molecule has 0 bridgehead atoms. The molecule has 152 valence electrons. The lowest BCUT2D eigenvalue weighted by molar-refractivity contribution is -0.116. The minimum Gasteiger partial charge on any atom is -0.302 e. The zero-order valence-electron chi connectivity index (χ0n) is 15.2. The van der Waals surface area contributed by atoms with E-state index in [0.717, 1.165) is 48.8 Å². The number of aromatic nitrogens is 1. The summed E-state index contributed by atoms with van der Waals surface area (Å²) in [6, 6.07) is 2.29. The standard InChI is InChI=1S/C17H20F2N4O3S2/c1-2-23-8-6-14-15(10-23)27-17(21-14)22-16(24)5-7-20-28(25,26)11-3-4-12(18)13(19)9-11/h3-4,9,20H,2,5-8,10H2,1H3,(H,21,22,24). The van der Waals surface area contributed by atoms with Crippen LogP contribution in [0.2, 0.25) is 0 Å². The summed E-state index contributed by atoms with van der Waals surface area (Å²) in [6.45, 7) is 4.62. The average molecular weight is 431 g/mol. The first-order chi connectivity index (χ1) is 13.3. The molecular formula is C17H20F2N4O3S2. The number of carbonyl (C=O) groups is 1. The number of nitrogens with one attached hydrogen (secondary N) is 2. The SMILES string of the molecule is CCN1CCc2nc(NC(=O)CCNS(=O)(=O)c3ccc(F)c(F)c3)sc2C1. The molecule has 11 heteroatoms. The molecule has 1 aliphatic heterocycles. The molecule has 28 heavy (non-hydrogen) atoms. The van der Waals surface area contributed by atoms with Crippen molar-refractivity contribution in [3.63, 3.8) is 0 Å². The predicted octanol–water partition coefficient (Wildman–Crippen LogP) is 2.11. The number of fused-ring (bicyclic) bond motifs is 1. The highest BCUT2D eigenvalue weighted by molar-refractivity contribution is 7.89. The summed E-state index contributed by atoms with van der Waals surface area (Å²) in [7, 11) is -4.03. The van der Waals surface area contributed by atoms with Gasteiger partial charge in [0.25, 0.3) is 0 Å². The van der Waals surface area contributed by atoms with Gasteiger partial charge in [-0.05, 0) is 24.7 Å². The largest absolute Gasteiger partial charge is 0.302 e. The van der Waals surface area contributed by atoms with E-state index in [1.165, 1.54) is 11.3 Å². The van der Waals surface area contributed by atoms with Gasteiger partial charge >= 0.3 is 0 Å². The van der Waals surface area contributed by atoms with Gasteiger partial charge < -0.3 is 5.32 Å². The third-order valence-electron chi connectivity index (χ3n) is 4.35. The van der Waals surface area contributed by atoms with Gasteiger partial charge in [0.15, 0.2) is 16.8 Å². The van der Waals surface area contributed by atoms with E-state index in [0.29, 0.717) is 11.2 Å². The molecule has 1 amide bonds. The summed E-state index contributed by atoms with van der Waals surface area (Å²) in [4.78, 5) is 19.5. The second-order valence-corrected chi connectivity index (χ2v) is 9.13. The number of nitrogens with zero attached hydrogens (tertiary/aromatic N) is 2. The Hall–Kier alpha value is -1.95. The van der Waals surface area contributed by atoms with Gasteiger partial charge in [-0.3, -0.25) is 9.69 Å². The predicted molar refractivity (Wildman–Crippen MR) is 102 cm³/mol. The summed E-state index contributed by atoms with van der Waals surface area (Å²) >= 11 is 1.42. The molecule has 7 nitrogen and oxygen atoms in total. The van der Waals surface area contributed by atoms with Gasteiger partial charge in [-0.15, -0.1) is 11.3 Å². The molecule has 0 unspecified atom stereocenters. The van der Waals surface area contributed by atoms with Gasteiger partial charge in [0, 0.05) is 37.4 Å². The van der Waals surface area contributed by atoms with E-state index < -0.39 is 26.6 Å². The Morgan fingerprint density at radius 1 is 1.32 bits per heavy atom. The highest BCUT2D eigenvalue weighted by Gasteiger charge is 2.21. The summed E-state index contributed by atoms with van der Waals surface area (Å²) in [5.74, 6) is -2.77. The van der Waals surface area contributed by atoms with E-state index in [2.05, 4.69) is 26.8 Å². The molecule has 1 aromatic heterocycles. The van der Waals surface area contributed by atoms with Crippen LogP contribution >= 0.6 is 11.3 Å².